The molecule has 2 fully saturated rings. The second kappa shape index (κ2) is 10.4. The van der Waals surface area contributed by atoms with Gasteiger partial charge in [0.2, 0.25) is 0 Å². The van der Waals surface area contributed by atoms with Gasteiger partial charge < -0.3 is 25.0 Å². The fraction of sp³-hybridized carbons (Fsp3) is 0.611. The van der Waals surface area contributed by atoms with Crippen molar-refractivity contribution in [2.75, 3.05) is 45.3 Å². The van der Waals surface area contributed by atoms with Gasteiger partial charge in [0.05, 0.1) is 18.9 Å². The molecule has 0 aromatic heterocycles. The third kappa shape index (κ3) is 5.53. The molecule has 6 nitrogen and oxygen atoms in total. The minimum Gasteiger partial charge on any atom is -0.495 e. The molecule has 0 saturated carbocycles. The van der Waals surface area contributed by atoms with Crippen LogP contribution in [0.1, 0.15) is 19.3 Å². The van der Waals surface area contributed by atoms with Crippen molar-refractivity contribution in [3.05, 3.63) is 23.2 Å². The summed E-state index contributed by atoms with van der Waals surface area (Å²) in [7, 11) is 3.49. The molecule has 2 atom stereocenters. The van der Waals surface area contributed by atoms with Crippen LogP contribution in [0, 0.1) is 0 Å². The van der Waals surface area contributed by atoms with E-state index < -0.39 is 0 Å². The standard InChI is InChI=1S/C18H27ClN4O2.HI/c1-20-18(21-11-15-4-3-9-25-15)22-14-7-8-23(12-14)16-10-13(19)5-6-17(16)24-2;/h5-6,10,14-15H,3-4,7-9,11-12H2,1-2H3,(H2,20,21,22);1H. The van der Waals surface area contributed by atoms with Gasteiger partial charge >= 0.3 is 0 Å². The number of ether oxygens (including phenoxy) is 2. The first-order valence-electron chi connectivity index (χ1n) is 8.87. The van der Waals surface area contributed by atoms with Gasteiger partial charge in [-0.3, -0.25) is 4.99 Å². The van der Waals surface area contributed by atoms with Crippen molar-refractivity contribution in [1.29, 1.82) is 0 Å². The van der Waals surface area contributed by atoms with E-state index in [9.17, 15) is 0 Å². The molecule has 2 unspecified atom stereocenters. The van der Waals surface area contributed by atoms with E-state index in [4.69, 9.17) is 21.1 Å². The summed E-state index contributed by atoms with van der Waals surface area (Å²) in [5.74, 6) is 1.69. The van der Waals surface area contributed by atoms with Crippen LogP contribution in [0.3, 0.4) is 0 Å². The second-order valence-electron chi connectivity index (χ2n) is 6.48. The van der Waals surface area contributed by atoms with Gasteiger partial charge in [-0.2, -0.15) is 0 Å². The van der Waals surface area contributed by atoms with Crippen molar-refractivity contribution in [2.24, 2.45) is 4.99 Å². The van der Waals surface area contributed by atoms with Gasteiger partial charge in [0, 0.05) is 44.4 Å². The van der Waals surface area contributed by atoms with Crippen LogP contribution in [0.5, 0.6) is 5.75 Å². The van der Waals surface area contributed by atoms with E-state index >= 15 is 0 Å². The molecule has 8 heteroatoms. The normalized spacial score (nSPS) is 22.9. The smallest absolute Gasteiger partial charge is 0.191 e. The van der Waals surface area contributed by atoms with Gasteiger partial charge in [0.15, 0.2) is 5.96 Å². The van der Waals surface area contributed by atoms with E-state index in [1.807, 2.05) is 18.2 Å². The number of nitrogens with zero attached hydrogens (tertiary/aromatic N) is 2. The number of hydrogen-bond acceptors (Lipinski definition) is 4. The topological polar surface area (TPSA) is 58.1 Å². The fourth-order valence-corrected chi connectivity index (χ4v) is 3.58. The van der Waals surface area contributed by atoms with Crippen LogP contribution in [0.15, 0.2) is 23.2 Å². The molecule has 2 aliphatic rings. The highest BCUT2D eigenvalue weighted by Gasteiger charge is 2.26. The van der Waals surface area contributed by atoms with Crippen molar-refractivity contribution in [2.45, 2.75) is 31.4 Å². The van der Waals surface area contributed by atoms with Gasteiger partial charge in [-0.25, -0.2) is 0 Å². The van der Waals surface area contributed by atoms with E-state index in [-0.39, 0.29) is 24.0 Å². The van der Waals surface area contributed by atoms with Crippen molar-refractivity contribution in [3.63, 3.8) is 0 Å². The number of benzene rings is 1. The molecule has 2 N–H and O–H groups in total. The molecule has 0 spiro atoms. The number of aliphatic imine (C=N–C) groups is 1. The van der Waals surface area contributed by atoms with Crippen LogP contribution in [0.25, 0.3) is 0 Å². The lowest BCUT2D eigenvalue weighted by atomic mass is 10.2. The minimum atomic E-state index is 0. The number of rotatable bonds is 5. The maximum absolute atomic E-state index is 6.16. The average Bonchev–Trinajstić information content (AvgIpc) is 3.30. The number of methoxy groups -OCH3 is 1. The van der Waals surface area contributed by atoms with Crippen molar-refractivity contribution < 1.29 is 9.47 Å². The summed E-state index contributed by atoms with van der Waals surface area (Å²) in [5, 5.41) is 7.61. The lowest BCUT2D eigenvalue weighted by Gasteiger charge is -2.22. The molecule has 1 aromatic rings. The molecule has 2 heterocycles. The Bertz CT molecular complexity index is 611. The average molecular weight is 495 g/mol. The van der Waals surface area contributed by atoms with E-state index in [0.29, 0.717) is 12.1 Å². The second-order valence-corrected chi connectivity index (χ2v) is 6.92. The van der Waals surface area contributed by atoms with Crippen LogP contribution in [-0.4, -0.2) is 58.5 Å². The molecule has 26 heavy (non-hydrogen) atoms. The first-order valence-corrected chi connectivity index (χ1v) is 9.24. The molecular formula is C18H28ClIN4O2. The highest BCUT2D eigenvalue weighted by atomic mass is 127. The quantitative estimate of drug-likeness (QED) is 0.375. The Morgan fingerprint density at radius 2 is 2.27 bits per heavy atom. The zero-order valence-corrected chi connectivity index (χ0v) is 18.4. The Kier molecular flexibility index (Phi) is 8.56. The van der Waals surface area contributed by atoms with Crippen LogP contribution in [-0.2, 0) is 4.74 Å². The zero-order valence-electron chi connectivity index (χ0n) is 15.3. The van der Waals surface area contributed by atoms with E-state index in [2.05, 4.69) is 20.5 Å². The molecule has 1 aromatic carbocycles. The summed E-state index contributed by atoms with van der Waals surface area (Å²) in [5.41, 5.74) is 1.04. The van der Waals surface area contributed by atoms with E-state index in [0.717, 1.165) is 67.9 Å². The number of halogens is 2. The Morgan fingerprint density at radius 1 is 1.42 bits per heavy atom. The Balaban J connectivity index is 0.00000243. The lowest BCUT2D eigenvalue weighted by Crippen LogP contribution is -2.46. The van der Waals surface area contributed by atoms with Crippen LogP contribution in [0.4, 0.5) is 5.69 Å². The minimum absolute atomic E-state index is 0. The number of nitrogens with one attached hydrogen (secondary N) is 2. The third-order valence-corrected chi connectivity index (χ3v) is 4.99. The highest BCUT2D eigenvalue weighted by Crippen LogP contribution is 2.33. The van der Waals surface area contributed by atoms with Gasteiger partial charge in [-0.15, -0.1) is 24.0 Å². The summed E-state index contributed by atoms with van der Waals surface area (Å²) in [6, 6.07) is 6.07. The fourth-order valence-electron chi connectivity index (χ4n) is 3.41. The zero-order chi connectivity index (χ0) is 17.6. The first-order chi connectivity index (χ1) is 12.2. The van der Waals surface area contributed by atoms with Gasteiger partial charge in [0.1, 0.15) is 5.75 Å². The predicted octanol–water partition coefficient (Wildman–Crippen LogP) is 2.89. The van der Waals surface area contributed by atoms with Gasteiger partial charge in [-0.1, -0.05) is 11.6 Å². The number of guanidine groups is 1. The predicted molar refractivity (Wildman–Crippen MR) is 118 cm³/mol. The highest BCUT2D eigenvalue weighted by molar-refractivity contribution is 14.0. The summed E-state index contributed by atoms with van der Waals surface area (Å²) in [6.07, 6.45) is 3.61. The molecule has 2 saturated heterocycles. The number of hydrogen-bond donors (Lipinski definition) is 2. The summed E-state index contributed by atoms with van der Waals surface area (Å²) >= 11 is 6.16. The Hall–Kier alpha value is -0.930. The first kappa shape index (κ1) is 21.4. The molecule has 2 aliphatic heterocycles. The lowest BCUT2D eigenvalue weighted by molar-refractivity contribution is 0.113. The molecular weight excluding hydrogens is 467 g/mol. The largest absolute Gasteiger partial charge is 0.495 e. The molecule has 0 bridgehead atoms. The van der Waals surface area contributed by atoms with Crippen molar-refractivity contribution in [1.82, 2.24) is 10.6 Å². The summed E-state index contributed by atoms with van der Waals surface area (Å²) in [4.78, 5) is 6.63. The number of anilines is 1. The van der Waals surface area contributed by atoms with Crippen molar-refractivity contribution in [3.8, 4) is 5.75 Å². The maximum Gasteiger partial charge on any atom is 0.191 e. The maximum atomic E-state index is 6.16. The summed E-state index contributed by atoms with van der Waals surface area (Å²) < 4.78 is 11.1. The Morgan fingerprint density at radius 3 is 2.96 bits per heavy atom. The van der Waals surface area contributed by atoms with Crippen molar-refractivity contribution >= 4 is 47.2 Å². The van der Waals surface area contributed by atoms with E-state index in [1.54, 1.807) is 14.2 Å². The summed E-state index contributed by atoms with van der Waals surface area (Å²) in [6.45, 7) is 3.52. The molecule has 0 radical (unpaired) electrons. The molecule has 146 valence electrons. The SMILES string of the molecule is CN=C(NCC1CCCO1)NC1CCN(c2cc(Cl)ccc2OC)C1.I. The van der Waals surface area contributed by atoms with E-state index in [1.165, 1.54) is 0 Å². The van der Waals surface area contributed by atoms with Gasteiger partial charge in [-0.05, 0) is 37.5 Å². The van der Waals surface area contributed by atoms with Crippen LogP contribution >= 0.6 is 35.6 Å². The van der Waals surface area contributed by atoms with Crippen LogP contribution < -0.4 is 20.3 Å². The van der Waals surface area contributed by atoms with Gasteiger partial charge in [0.25, 0.3) is 0 Å². The molecule has 3 rings (SSSR count). The Labute approximate surface area is 177 Å². The third-order valence-electron chi connectivity index (χ3n) is 4.76. The molecule has 0 amide bonds. The van der Waals surface area contributed by atoms with Crippen LogP contribution in [0.2, 0.25) is 5.02 Å². The molecule has 0 aliphatic carbocycles. The monoisotopic (exact) mass is 494 g/mol.